The number of benzene rings is 1. The van der Waals surface area contributed by atoms with Crippen LogP contribution in [-0.4, -0.2) is 57.6 Å². The Hall–Kier alpha value is -2.53. The minimum atomic E-state index is -1.02. The average molecular weight is 592 g/mol. The average Bonchev–Trinajstić information content (AvgIpc) is 3.18. The SMILES string of the molecule is CCn1c(C2NCCN(C(=O)O)C2c2cccnc2[C@H](C)OC)c(CC(C)(C)CO)c2cc(Br)c(F)cc21. The smallest absolute Gasteiger partial charge is 0.407 e. The molecule has 4 rings (SSSR count). The second-order valence-corrected chi connectivity index (χ2v) is 11.5. The number of aliphatic hydroxyl groups is 1. The lowest BCUT2D eigenvalue weighted by Gasteiger charge is -2.42. The molecule has 0 spiro atoms. The van der Waals surface area contributed by atoms with Gasteiger partial charge in [-0.25, -0.2) is 9.18 Å². The quantitative estimate of drug-likeness (QED) is 0.316. The Labute approximate surface area is 230 Å². The van der Waals surface area contributed by atoms with Crippen LogP contribution in [0.4, 0.5) is 9.18 Å². The van der Waals surface area contributed by atoms with E-state index in [1.54, 1.807) is 19.4 Å². The summed E-state index contributed by atoms with van der Waals surface area (Å²) in [5, 5.41) is 24.9. The Bertz CT molecular complexity index is 1330. The summed E-state index contributed by atoms with van der Waals surface area (Å²) in [6.45, 7) is 9.14. The van der Waals surface area contributed by atoms with E-state index in [1.807, 2.05) is 39.8 Å². The van der Waals surface area contributed by atoms with Gasteiger partial charge in [0.25, 0.3) is 0 Å². The van der Waals surface area contributed by atoms with E-state index in [0.29, 0.717) is 36.2 Å². The number of aryl methyl sites for hydroxylation is 1. The Morgan fingerprint density at radius 2 is 2.13 bits per heavy atom. The summed E-state index contributed by atoms with van der Waals surface area (Å²) in [6.07, 6.45) is 0.835. The number of pyridine rings is 1. The molecule has 0 radical (unpaired) electrons. The van der Waals surface area contributed by atoms with Crippen LogP contribution in [0.25, 0.3) is 10.9 Å². The summed E-state index contributed by atoms with van der Waals surface area (Å²) in [5.41, 5.74) is 3.55. The number of carboxylic acid groups (broad SMARTS) is 1. The number of piperazine rings is 1. The molecule has 1 aliphatic rings. The zero-order valence-electron chi connectivity index (χ0n) is 22.5. The van der Waals surface area contributed by atoms with Gasteiger partial charge in [-0.3, -0.25) is 9.88 Å². The predicted octanol–water partition coefficient (Wildman–Crippen LogP) is 5.59. The number of rotatable bonds is 8. The number of hydrogen-bond acceptors (Lipinski definition) is 5. The monoisotopic (exact) mass is 590 g/mol. The number of nitrogens with zero attached hydrogens (tertiary/aromatic N) is 3. The van der Waals surface area contributed by atoms with E-state index in [4.69, 9.17) is 4.74 Å². The van der Waals surface area contributed by atoms with Crippen LogP contribution in [0.1, 0.15) is 68.4 Å². The summed E-state index contributed by atoms with van der Waals surface area (Å²) in [7, 11) is 1.60. The molecule has 10 heteroatoms. The molecule has 3 heterocycles. The van der Waals surface area contributed by atoms with Gasteiger partial charge in [0.15, 0.2) is 0 Å². The zero-order valence-corrected chi connectivity index (χ0v) is 24.0. The third-order valence-electron chi connectivity index (χ3n) is 7.49. The van der Waals surface area contributed by atoms with Crippen molar-refractivity contribution in [3.8, 4) is 0 Å². The van der Waals surface area contributed by atoms with E-state index in [1.165, 1.54) is 11.0 Å². The number of aliphatic hydroxyl groups excluding tert-OH is 1. The van der Waals surface area contributed by atoms with Gasteiger partial charge >= 0.3 is 6.09 Å². The predicted molar refractivity (Wildman–Crippen MR) is 148 cm³/mol. The van der Waals surface area contributed by atoms with Crippen LogP contribution in [0.15, 0.2) is 34.9 Å². The molecular formula is C28H36BrFN4O4. The minimum Gasteiger partial charge on any atom is -0.465 e. The van der Waals surface area contributed by atoms with Gasteiger partial charge in [0.2, 0.25) is 0 Å². The zero-order chi connectivity index (χ0) is 27.8. The fraction of sp³-hybridized carbons (Fsp3) is 0.500. The molecule has 1 aliphatic heterocycles. The van der Waals surface area contributed by atoms with Crippen LogP contribution in [0.3, 0.4) is 0 Å². The summed E-state index contributed by atoms with van der Waals surface area (Å²) >= 11 is 3.35. The number of halogens is 2. The van der Waals surface area contributed by atoms with E-state index in [-0.39, 0.29) is 18.5 Å². The molecule has 3 N–H and O–H groups in total. The number of nitrogens with one attached hydrogen (secondary N) is 1. The van der Waals surface area contributed by atoms with Crippen molar-refractivity contribution in [2.75, 3.05) is 26.8 Å². The molecule has 3 atom stereocenters. The van der Waals surface area contributed by atoms with Gasteiger partial charge in [0.05, 0.1) is 33.9 Å². The molecule has 1 fully saturated rings. The molecule has 0 aliphatic carbocycles. The van der Waals surface area contributed by atoms with Crippen molar-refractivity contribution in [3.05, 3.63) is 63.3 Å². The lowest BCUT2D eigenvalue weighted by atomic mass is 9.82. The maximum absolute atomic E-state index is 14.8. The van der Waals surface area contributed by atoms with Crippen LogP contribution in [-0.2, 0) is 17.7 Å². The fourth-order valence-corrected chi connectivity index (χ4v) is 5.90. The van der Waals surface area contributed by atoms with Gasteiger partial charge in [-0.05, 0) is 65.4 Å². The van der Waals surface area contributed by atoms with Gasteiger partial charge < -0.3 is 24.8 Å². The summed E-state index contributed by atoms with van der Waals surface area (Å²) < 4.78 is 22.8. The molecule has 0 bridgehead atoms. The first-order valence-corrected chi connectivity index (χ1v) is 13.6. The summed E-state index contributed by atoms with van der Waals surface area (Å²) in [5.74, 6) is -0.368. The Balaban J connectivity index is 2.05. The number of fused-ring (bicyclic) bond motifs is 1. The van der Waals surface area contributed by atoms with Crippen molar-refractivity contribution in [3.63, 3.8) is 0 Å². The van der Waals surface area contributed by atoms with Crippen molar-refractivity contribution in [2.24, 2.45) is 5.41 Å². The molecule has 2 unspecified atom stereocenters. The van der Waals surface area contributed by atoms with E-state index >= 15 is 0 Å². The normalized spacial score (nSPS) is 19.2. The molecule has 38 heavy (non-hydrogen) atoms. The van der Waals surface area contributed by atoms with Crippen molar-refractivity contribution in [1.29, 1.82) is 0 Å². The van der Waals surface area contributed by atoms with Gasteiger partial charge in [-0.2, -0.15) is 0 Å². The van der Waals surface area contributed by atoms with Gasteiger partial charge in [-0.15, -0.1) is 0 Å². The topological polar surface area (TPSA) is 99.9 Å². The van der Waals surface area contributed by atoms with E-state index in [9.17, 15) is 19.4 Å². The van der Waals surface area contributed by atoms with Crippen molar-refractivity contribution in [2.45, 2.75) is 58.8 Å². The highest BCUT2D eigenvalue weighted by Gasteiger charge is 2.42. The Morgan fingerprint density at radius 3 is 2.76 bits per heavy atom. The van der Waals surface area contributed by atoms with Crippen LogP contribution in [0.5, 0.6) is 0 Å². The van der Waals surface area contributed by atoms with Gasteiger partial charge in [-0.1, -0.05) is 19.9 Å². The summed E-state index contributed by atoms with van der Waals surface area (Å²) in [6, 6.07) is 5.97. The Morgan fingerprint density at radius 1 is 1.39 bits per heavy atom. The number of ether oxygens (including phenoxy) is 1. The number of carbonyl (C=O) groups is 1. The van der Waals surface area contributed by atoms with E-state index in [0.717, 1.165) is 27.7 Å². The van der Waals surface area contributed by atoms with Crippen molar-refractivity contribution < 1.29 is 24.1 Å². The highest BCUT2D eigenvalue weighted by molar-refractivity contribution is 9.10. The number of hydrogen-bond donors (Lipinski definition) is 3. The highest BCUT2D eigenvalue weighted by Crippen LogP contribution is 2.45. The second kappa shape index (κ2) is 11.3. The first-order valence-electron chi connectivity index (χ1n) is 12.9. The fourth-order valence-electron chi connectivity index (χ4n) is 5.56. The van der Waals surface area contributed by atoms with Crippen LogP contribution >= 0.6 is 15.9 Å². The standard InChI is InChI=1S/C28H36BrFN4O4/c1-6-33-22-13-21(30)20(29)12-18(22)19(14-28(3,4)15-35)26(33)24-25(34(27(36)37)11-10-32-24)17-8-7-9-31-23(17)16(2)38-5/h7-9,12-13,16,24-25,32,35H,6,10-11,14-15H2,1-5H3,(H,36,37)/t16-,24?,25?/m0/s1. The van der Waals surface area contributed by atoms with Crippen LogP contribution in [0.2, 0.25) is 0 Å². The maximum Gasteiger partial charge on any atom is 0.407 e. The van der Waals surface area contributed by atoms with Gasteiger partial charge in [0.1, 0.15) is 5.82 Å². The van der Waals surface area contributed by atoms with Crippen LogP contribution in [0, 0.1) is 11.2 Å². The largest absolute Gasteiger partial charge is 0.465 e. The molecule has 8 nitrogen and oxygen atoms in total. The van der Waals surface area contributed by atoms with E-state index < -0.39 is 23.6 Å². The third-order valence-corrected chi connectivity index (χ3v) is 8.10. The molecule has 206 valence electrons. The molecule has 1 aromatic carbocycles. The molecule has 1 amide bonds. The van der Waals surface area contributed by atoms with Crippen molar-refractivity contribution >= 4 is 32.9 Å². The second-order valence-electron chi connectivity index (χ2n) is 10.6. The first-order chi connectivity index (χ1) is 18.0. The minimum absolute atomic E-state index is 0.0332. The summed E-state index contributed by atoms with van der Waals surface area (Å²) in [4.78, 5) is 18.6. The lowest BCUT2D eigenvalue weighted by Crippen LogP contribution is -2.51. The van der Waals surface area contributed by atoms with Crippen molar-refractivity contribution in [1.82, 2.24) is 19.8 Å². The van der Waals surface area contributed by atoms with Gasteiger partial charge in [0, 0.05) is 56.2 Å². The molecule has 3 aromatic rings. The first kappa shape index (κ1) is 28.5. The molecule has 2 aromatic heterocycles. The third kappa shape index (κ3) is 5.19. The lowest BCUT2D eigenvalue weighted by molar-refractivity contribution is 0.0843. The highest BCUT2D eigenvalue weighted by atomic mass is 79.9. The molecule has 0 saturated carbocycles. The number of amides is 1. The van der Waals surface area contributed by atoms with Crippen LogP contribution < -0.4 is 5.32 Å². The molecular weight excluding hydrogens is 555 g/mol. The number of methoxy groups -OCH3 is 1. The Kier molecular flexibility index (Phi) is 8.46. The van der Waals surface area contributed by atoms with E-state index in [2.05, 4.69) is 30.8 Å². The number of aromatic nitrogens is 2. The maximum atomic E-state index is 14.8. The molecule has 1 saturated heterocycles.